The first-order chi connectivity index (χ1) is 13.3. The highest BCUT2D eigenvalue weighted by molar-refractivity contribution is 7.92. The van der Waals surface area contributed by atoms with Gasteiger partial charge in [-0.05, 0) is 38.1 Å². The van der Waals surface area contributed by atoms with Crippen LogP contribution in [0.5, 0.6) is 11.5 Å². The maximum Gasteiger partial charge on any atom is 0.240 e. The molecule has 0 atom stereocenters. The molecule has 0 unspecified atom stereocenters. The number of hydrogen-bond donors (Lipinski definition) is 1. The van der Waals surface area contributed by atoms with Crippen LogP contribution in [0, 0.1) is 6.92 Å². The molecule has 2 aromatic carbocycles. The zero-order chi connectivity index (χ0) is 20.6. The van der Waals surface area contributed by atoms with Crippen molar-refractivity contribution in [3.8, 4) is 11.5 Å². The molecule has 7 nitrogen and oxygen atoms in total. The van der Waals surface area contributed by atoms with Crippen LogP contribution in [-0.2, 0) is 14.8 Å². The van der Waals surface area contributed by atoms with Crippen molar-refractivity contribution in [2.75, 3.05) is 36.9 Å². The summed E-state index contributed by atoms with van der Waals surface area (Å²) in [4.78, 5) is 12.3. The first-order valence-corrected chi connectivity index (χ1v) is 10.8. The van der Waals surface area contributed by atoms with Crippen molar-refractivity contribution in [3.63, 3.8) is 0 Å². The molecule has 28 heavy (non-hydrogen) atoms. The van der Waals surface area contributed by atoms with E-state index in [1.54, 1.807) is 24.3 Å². The number of amides is 1. The van der Waals surface area contributed by atoms with E-state index in [2.05, 4.69) is 5.32 Å². The van der Waals surface area contributed by atoms with Crippen LogP contribution in [0.3, 0.4) is 0 Å². The van der Waals surface area contributed by atoms with Crippen LogP contribution >= 0.6 is 0 Å². The zero-order valence-corrected chi connectivity index (χ0v) is 17.2. The third kappa shape index (κ3) is 6.45. The molecule has 0 saturated carbocycles. The molecule has 8 heteroatoms. The molecule has 0 aliphatic heterocycles. The van der Waals surface area contributed by atoms with Crippen molar-refractivity contribution >= 4 is 21.6 Å². The number of nitrogens with one attached hydrogen (secondary N) is 1. The number of anilines is 1. The van der Waals surface area contributed by atoms with Crippen molar-refractivity contribution in [1.29, 1.82) is 0 Å². The number of carbonyl (C=O) groups excluding carboxylic acids is 1. The molecule has 1 amide bonds. The zero-order valence-electron chi connectivity index (χ0n) is 16.3. The van der Waals surface area contributed by atoms with Crippen molar-refractivity contribution in [2.24, 2.45) is 0 Å². The van der Waals surface area contributed by atoms with E-state index in [-0.39, 0.29) is 19.7 Å². The van der Waals surface area contributed by atoms with Gasteiger partial charge in [0.25, 0.3) is 0 Å². The van der Waals surface area contributed by atoms with E-state index in [9.17, 15) is 13.2 Å². The van der Waals surface area contributed by atoms with Crippen LogP contribution in [0.25, 0.3) is 0 Å². The van der Waals surface area contributed by atoms with Gasteiger partial charge in [-0.25, -0.2) is 8.42 Å². The quantitative estimate of drug-likeness (QED) is 0.612. The Morgan fingerprint density at radius 1 is 1.07 bits per heavy atom. The van der Waals surface area contributed by atoms with Gasteiger partial charge in [0.05, 0.1) is 25.1 Å². The van der Waals surface area contributed by atoms with E-state index in [0.29, 0.717) is 23.8 Å². The van der Waals surface area contributed by atoms with Crippen molar-refractivity contribution in [2.45, 2.75) is 13.8 Å². The Hall–Kier alpha value is -2.74. The van der Waals surface area contributed by atoms with E-state index in [1.165, 1.54) is 0 Å². The van der Waals surface area contributed by atoms with Crippen molar-refractivity contribution in [1.82, 2.24) is 5.32 Å². The Labute approximate surface area is 166 Å². The van der Waals surface area contributed by atoms with E-state index < -0.39 is 15.9 Å². The molecule has 0 saturated heterocycles. The highest BCUT2D eigenvalue weighted by atomic mass is 32.2. The van der Waals surface area contributed by atoms with Gasteiger partial charge in [-0.15, -0.1) is 0 Å². The summed E-state index contributed by atoms with van der Waals surface area (Å²) in [7, 11) is -3.67. The van der Waals surface area contributed by atoms with Crippen molar-refractivity contribution in [3.05, 3.63) is 54.1 Å². The Bertz CT molecular complexity index is 882. The van der Waals surface area contributed by atoms with E-state index >= 15 is 0 Å². The summed E-state index contributed by atoms with van der Waals surface area (Å²) in [5.41, 5.74) is 1.46. The molecule has 0 heterocycles. The summed E-state index contributed by atoms with van der Waals surface area (Å²) in [6.45, 7) is 4.38. The topological polar surface area (TPSA) is 84.9 Å². The number of carbonyl (C=O) groups is 1. The molecular weight excluding hydrogens is 380 g/mol. The first kappa shape index (κ1) is 21.6. The summed E-state index contributed by atoms with van der Waals surface area (Å²) in [5.74, 6) is 0.693. The van der Waals surface area contributed by atoms with Gasteiger partial charge in [0, 0.05) is 0 Å². The van der Waals surface area contributed by atoms with Gasteiger partial charge < -0.3 is 14.8 Å². The first-order valence-electron chi connectivity index (χ1n) is 8.97. The van der Waals surface area contributed by atoms with Crippen LogP contribution in [-0.4, -0.2) is 46.9 Å². The van der Waals surface area contributed by atoms with Gasteiger partial charge in [0.1, 0.15) is 24.7 Å². The molecule has 2 aromatic rings. The number of para-hydroxylation sites is 2. The fraction of sp³-hybridized carbons (Fsp3) is 0.350. The predicted molar refractivity (Wildman–Crippen MR) is 109 cm³/mol. The maximum absolute atomic E-state index is 12.3. The summed E-state index contributed by atoms with van der Waals surface area (Å²) >= 11 is 0. The van der Waals surface area contributed by atoms with Crippen LogP contribution in [0.4, 0.5) is 5.69 Å². The standard InChI is InChI=1S/C20H26N2O5S/c1-4-26-19-8-6-5-7-18(19)22(28(3,24)25)15-20(23)21-13-14-27-17-11-9-16(2)10-12-17/h5-12H,4,13-15H2,1-3H3,(H,21,23). The Kier molecular flexibility index (Phi) is 7.69. The molecule has 0 aliphatic carbocycles. The van der Waals surface area contributed by atoms with Gasteiger partial charge in [-0.2, -0.15) is 0 Å². The lowest BCUT2D eigenvalue weighted by Gasteiger charge is -2.24. The average Bonchev–Trinajstić information content (AvgIpc) is 2.65. The van der Waals surface area contributed by atoms with Crippen LogP contribution in [0.15, 0.2) is 48.5 Å². The molecule has 2 rings (SSSR count). The second kappa shape index (κ2) is 9.98. The van der Waals surface area contributed by atoms with E-state index in [0.717, 1.165) is 16.1 Å². The van der Waals surface area contributed by atoms with Gasteiger partial charge in [0.2, 0.25) is 15.9 Å². The van der Waals surface area contributed by atoms with E-state index in [4.69, 9.17) is 9.47 Å². The number of benzene rings is 2. The normalized spacial score (nSPS) is 11.0. The lowest BCUT2D eigenvalue weighted by molar-refractivity contribution is -0.119. The number of nitrogens with zero attached hydrogens (tertiary/aromatic N) is 1. The van der Waals surface area contributed by atoms with Crippen LogP contribution < -0.4 is 19.1 Å². The lowest BCUT2D eigenvalue weighted by atomic mass is 10.2. The van der Waals surface area contributed by atoms with Gasteiger partial charge >= 0.3 is 0 Å². The third-order valence-corrected chi connectivity index (χ3v) is 4.96. The number of hydrogen-bond acceptors (Lipinski definition) is 5. The van der Waals surface area contributed by atoms with Crippen molar-refractivity contribution < 1.29 is 22.7 Å². The molecular formula is C20H26N2O5S. The van der Waals surface area contributed by atoms with Gasteiger partial charge in [-0.1, -0.05) is 29.8 Å². The summed E-state index contributed by atoms with van der Waals surface area (Å²) in [6.07, 6.45) is 1.06. The lowest BCUT2D eigenvalue weighted by Crippen LogP contribution is -2.41. The molecule has 0 bridgehead atoms. The smallest absolute Gasteiger partial charge is 0.240 e. The largest absolute Gasteiger partial charge is 0.492 e. The number of sulfonamides is 1. The molecule has 0 radical (unpaired) electrons. The SMILES string of the molecule is CCOc1ccccc1N(CC(=O)NCCOc1ccc(C)cc1)S(C)(=O)=O. The fourth-order valence-electron chi connectivity index (χ4n) is 2.50. The summed E-state index contributed by atoms with van der Waals surface area (Å²) < 4.78 is 36.5. The molecule has 152 valence electrons. The molecule has 0 spiro atoms. The maximum atomic E-state index is 12.3. The fourth-order valence-corrected chi connectivity index (χ4v) is 3.36. The number of aryl methyl sites for hydroxylation is 1. The Morgan fingerprint density at radius 2 is 1.75 bits per heavy atom. The summed E-state index contributed by atoms with van der Waals surface area (Å²) in [5, 5.41) is 2.68. The highest BCUT2D eigenvalue weighted by Crippen LogP contribution is 2.29. The van der Waals surface area contributed by atoms with Gasteiger partial charge in [-0.3, -0.25) is 9.10 Å². The monoisotopic (exact) mass is 406 g/mol. The molecule has 0 aliphatic rings. The molecule has 1 N–H and O–H groups in total. The second-order valence-corrected chi connectivity index (χ2v) is 8.09. The van der Waals surface area contributed by atoms with Crippen LogP contribution in [0.1, 0.15) is 12.5 Å². The third-order valence-electron chi connectivity index (χ3n) is 3.84. The molecule has 0 fully saturated rings. The van der Waals surface area contributed by atoms with E-state index in [1.807, 2.05) is 38.1 Å². The predicted octanol–water partition coefficient (Wildman–Crippen LogP) is 2.35. The van der Waals surface area contributed by atoms with Crippen LogP contribution in [0.2, 0.25) is 0 Å². The van der Waals surface area contributed by atoms with Gasteiger partial charge in [0.15, 0.2) is 0 Å². The number of ether oxygens (including phenoxy) is 2. The second-order valence-electron chi connectivity index (χ2n) is 6.18. The highest BCUT2D eigenvalue weighted by Gasteiger charge is 2.23. The molecule has 0 aromatic heterocycles. The Balaban J connectivity index is 1.95. The average molecular weight is 407 g/mol. The minimum atomic E-state index is -3.67. The minimum absolute atomic E-state index is 0.261. The summed E-state index contributed by atoms with van der Waals surface area (Å²) in [6, 6.07) is 14.3. The number of rotatable bonds is 10. The minimum Gasteiger partial charge on any atom is -0.492 e. The Morgan fingerprint density at radius 3 is 2.39 bits per heavy atom.